The first-order valence-corrected chi connectivity index (χ1v) is 8.13. The maximum absolute atomic E-state index is 5.55. The summed E-state index contributed by atoms with van der Waals surface area (Å²) in [5.74, 6) is 1.78. The summed E-state index contributed by atoms with van der Waals surface area (Å²) >= 11 is 1.87. The number of nitrogens with zero attached hydrogens (tertiary/aromatic N) is 1. The van der Waals surface area contributed by atoms with Gasteiger partial charge in [-0.15, -0.1) is 0 Å². The molecule has 0 atom stereocenters. The maximum Gasteiger partial charge on any atom is 0.157 e. The van der Waals surface area contributed by atoms with Crippen molar-refractivity contribution in [2.24, 2.45) is 10.9 Å². The van der Waals surface area contributed by atoms with Crippen LogP contribution in [0.1, 0.15) is 47.0 Å². The number of hydrogen-bond acceptors (Lipinski definition) is 3. The quantitative estimate of drug-likeness (QED) is 0.688. The van der Waals surface area contributed by atoms with Crippen LogP contribution >= 0.6 is 11.8 Å². The van der Waals surface area contributed by atoms with E-state index in [2.05, 4.69) is 38.0 Å². The highest BCUT2D eigenvalue weighted by molar-refractivity contribution is 8.14. The molecule has 0 unspecified atom stereocenters. The topological polar surface area (TPSA) is 33.6 Å². The minimum Gasteiger partial charge on any atom is -0.381 e. The second kappa shape index (κ2) is 8.05. The van der Waals surface area contributed by atoms with E-state index in [4.69, 9.17) is 4.74 Å². The molecule has 4 heteroatoms. The van der Waals surface area contributed by atoms with Crippen LogP contribution in [0.3, 0.4) is 0 Å². The molecule has 1 fully saturated rings. The zero-order valence-electron chi connectivity index (χ0n) is 12.3. The molecule has 1 rings (SSSR count). The zero-order chi connectivity index (χ0) is 13.4. The molecule has 1 N–H and O–H groups in total. The van der Waals surface area contributed by atoms with Crippen LogP contribution in [0, 0.1) is 5.92 Å². The monoisotopic (exact) mass is 272 g/mol. The first kappa shape index (κ1) is 15.8. The van der Waals surface area contributed by atoms with Gasteiger partial charge in [-0.2, -0.15) is 0 Å². The average molecular weight is 272 g/mol. The van der Waals surface area contributed by atoms with Crippen LogP contribution < -0.4 is 5.32 Å². The molecule has 1 aliphatic rings. The average Bonchev–Trinajstić information content (AvgIpc) is 2.77. The van der Waals surface area contributed by atoms with Crippen molar-refractivity contribution in [3.05, 3.63) is 0 Å². The minimum atomic E-state index is 0.289. The molecule has 0 saturated carbocycles. The standard InChI is InChI=1S/C14H28N2OS/c1-5-14(6-2)11-18-13(16-14)15-8-7-9-17-10-12(3)4/h12H,5-11H2,1-4H3,(H,15,16). The Balaban J connectivity index is 2.17. The molecule has 0 aliphatic carbocycles. The predicted octanol–water partition coefficient (Wildman–Crippen LogP) is 3.30. The van der Waals surface area contributed by atoms with Gasteiger partial charge < -0.3 is 10.1 Å². The van der Waals surface area contributed by atoms with E-state index in [-0.39, 0.29) is 5.54 Å². The Morgan fingerprint density at radius 2 is 2.11 bits per heavy atom. The highest BCUT2D eigenvalue weighted by Gasteiger charge is 2.33. The van der Waals surface area contributed by atoms with Gasteiger partial charge in [0, 0.05) is 31.1 Å². The van der Waals surface area contributed by atoms with Crippen LogP contribution in [0.4, 0.5) is 0 Å². The van der Waals surface area contributed by atoms with Crippen LogP contribution in [0.25, 0.3) is 0 Å². The summed E-state index contributed by atoms with van der Waals surface area (Å²) in [6.07, 6.45) is 3.36. The van der Waals surface area contributed by atoms with Gasteiger partial charge in [0.05, 0.1) is 0 Å². The second-order valence-corrected chi connectivity index (χ2v) is 6.37. The van der Waals surface area contributed by atoms with E-state index in [0.717, 1.165) is 37.1 Å². The van der Waals surface area contributed by atoms with E-state index >= 15 is 0 Å². The van der Waals surface area contributed by atoms with Crippen molar-refractivity contribution in [1.82, 2.24) is 5.32 Å². The summed E-state index contributed by atoms with van der Waals surface area (Å²) in [4.78, 5) is 4.62. The molecule has 1 saturated heterocycles. The lowest BCUT2D eigenvalue weighted by Gasteiger charge is -2.25. The molecular formula is C14H28N2OS. The second-order valence-electron chi connectivity index (χ2n) is 5.41. The Kier molecular flexibility index (Phi) is 7.08. The van der Waals surface area contributed by atoms with Crippen LogP contribution in [0.15, 0.2) is 4.99 Å². The summed E-state index contributed by atoms with van der Waals surface area (Å²) in [6, 6.07) is 0. The minimum absolute atomic E-state index is 0.289. The molecule has 0 amide bonds. The molecular weight excluding hydrogens is 244 g/mol. The fourth-order valence-corrected chi connectivity index (χ4v) is 3.25. The van der Waals surface area contributed by atoms with Crippen molar-refractivity contribution < 1.29 is 4.74 Å². The Morgan fingerprint density at radius 1 is 1.39 bits per heavy atom. The third-order valence-electron chi connectivity index (χ3n) is 3.36. The molecule has 0 bridgehead atoms. The lowest BCUT2D eigenvalue weighted by atomic mass is 9.96. The summed E-state index contributed by atoms with van der Waals surface area (Å²) in [5, 5.41) is 4.71. The fraction of sp³-hybridized carbons (Fsp3) is 0.929. The van der Waals surface area contributed by atoms with Gasteiger partial charge >= 0.3 is 0 Å². The van der Waals surface area contributed by atoms with Crippen molar-refractivity contribution in [2.75, 3.05) is 25.5 Å². The Morgan fingerprint density at radius 3 is 2.67 bits per heavy atom. The highest BCUT2D eigenvalue weighted by Crippen LogP contribution is 2.28. The van der Waals surface area contributed by atoms with Crippen molar-refractivity contribution in [1.29, 1.82) is 0 Å². The SMILES string of the molecule is CCC1(CC)CSC(=NCCCOCC(C)C)N1. The highest BCUT2D eigenvalue weighted by atomic mass is 32.2. The van der Waals surface area contributed by atoms with Gasteiger partial charge in [0.25, 0.3) is 0 Å². The van der Waals surface area contributed by atoms with Gasteiger partial charge in [-0.1, -0.05) is 39.5 Å². The lowest BCUT2D eigenvalue weighted by molar-refractivity contribution is 0.109. The normalized spacial score (nSPS) is 20.6. The van der Waals surface area contributed by atoms with Crippen molar-refractivity contribution in [3.8, 4) is 0 Å². The van der Waals surface area contributed by atoms with E-state index in [1.807, 2.05) is 11.8 Å². The first-order valence-electron chi connectivity index (χ1n) is 7.15. The molecule has 0 aromatic rings. The van der Waals surface area contributed by atoms with E-state index < -0.39 is 0 Å². The van der Waals surface area contributed by atoms with Crippen molar-refractivity contribution in [3.63, 3.8) is 0 Å². The van der Waals surface area contributed by atoms with Gasteiger partial charge in [-0.05, 0) is 25.2 Å². The van der Waals surface area contributed by atoms with E-state index in [1.165, 1.54) is 12.8 Å². The number of ether oxygens (including phenoxy) is 1. The summed E-state index contributed by atoms with van der Waals surface area (Å²) < 4.78 is 5.55. The number of rotatable bonds is 8. The number of thioether (sulfide) groups is 1. The fourth-order valence-electron chi connectivity index (χ4n) is 1.89. The van der Waals surface area contributed by atoms with E-state index in [9.17, 15) is 0 Å². The Hall–Kier alpha value is -0.220. The van der Waals surface area contributed by atoms with Crippen LogP contribution in [-0.2, 0) is 4.74 Å². The van der Waals surface area contributed by atoms with E-state index in [0.29, 0.717) is 5.92 Å². The van der Waals surface area contributed by atoms with Crippen molar-refractivity contribution >= 4 is 16.9 Å². The number of aliphatic imine (C=N–C) groups is 1. The third kappa shape index (κ3) is 5.19. The van der Waals surface area contributed by atoms with Crippen LogP contribution in [0.5, 0.6) is 0 Å². The Labute approximate surface area is 116 Å². The number of amidine groups is 1. The first-order chi connectivity index (χ1) is 8.62. The molecule has 0 aromatic carbocycles. The molecule has 106 valence electrons. The molecule has 3 nitrogen and oxygen atoms in total. The molecule has 0 aromatic heterocycles. The lowest BCUT2D eigenvalue weighted by Crippen LogP contribution is -2.42. The number of hydrogen-bond donors (Lipinski definition) is 1. The van der Waals surface area contributed by atoms with E-state index in [1.54, 1.807) is 0 Å². The van der Waals surface area contributed by atoms with Gasteiger partial charge in [0.15, 0.2) is 5.17 Å². The van der Waals surface area contributed by atoms with Gasteiger partial charge in [0.1, 0.15) is 0 Å². The van der Waals surface area contributed by atoms with Crippen LogP contribution in [-0.4, -0.2) is 36.2 Å². The van der Waals surface area contributed by atoms with Gasteiger partial charge in [0.2, 0.25) is 0 Å². The van der Waals surface area contributed by atoms with Gasteiger partial charge in [-0.25, -0.2) is 0 Å². The number of nitrogens with one attached hydrogen (secondary N) is 1. The molecule has 1 aliphatic heterocycles. The molecule has 1 heterocycles. The molecule has 18 heavy (non-hydrogen) atoms. The summed E-state index contributed by atoms with van der Waals surface area (Å²) in [6.45, 7) is 11.4. The smallest absolute Gasteiger partial charge is 0.157 e. The Bertz CT molecular complexity index is 263. The predicted molar refractivity (Wildman–Crippen MR) is 81.5 cm³/mol. The molecule has 0 spiro atoms. The molecule has 0 radical (unpaired) electrons. The van der Waals surface area contributed by atoms with Crippen LogP contribution in [0.2, 0.25) is 0 Å². The summed E-state index contributed by atoms with van der Waals surface area (Å²) in [7, 11) is 0. The maximum atomic E-state index is 5.55. The third-order valence-corrected chi connectivity index (χ3v) is 4.57. The summed E-state index contributed by atoms with van der Waals surface area (Å²) in [5.41, 5.74) is 0.289. The van der Waals surface area contributed by atoms with Crippen molar-refractivity contribution in [2.45, 2.75) is 52.5 Å². The zero-order valence-corrected chi connectivity index (χ0v) is 13.1. The largest absolute Gasteiger partial charge is 0.381 e. The van der Waals surface area contributed by atoms with Gasteiger partial charge in [-0.3, -0.25) is 4.99 Å².